The second-order valence-corrected chi connectivity index (χ2v) is 4.54. The van der Waals surface area contributed by atoms with Gasteiger partial charge < -0.3 is 5.73 Å². The van der Waals surface area contributed by atoms with Crippen molar-refractivity contribution in [1.29, 1.82) is 0 Å². The molecule has 0 saturated heterocycles. The van der Waals surface area contributed by atoms with E-state index < -0.39 is 0 Å². The Labute approximate surface area is 97.9 Å². The maximum Gasteiger partial charge on any atom is 0.126 e. The van der Waals surface area contributed by atoms with E-state index in [-0.39, 0.29) is 11.9 Å². The van der Waals surface area contributed by atoms with Crippen molar-refractivity contribution in [3.05, 3.63) is 35.1 Å². The van der Waals surface area contributed by atoms with Gasteiger partial charge in [-0.15, -0.1) is 0 Å². The van der Waals surface area contributed by atoms with E-state index in [9.17, 15) is 4.39 Å². The van der Waals surface area contributed by atoms with E-state index in [4.69, 9.17) is 5.73 Å². The van der Waals surface area contributed by atoms with Gasteiger partial charge in [-0.2, -0.15) is 0 Å². The van der Waals surface area contributed by atoms with Gasteiger partial charge in [0.15, 0.2) is 0 Å². The summed E-state index contributed by atoms with van der Waals surface area (Å²) >= 11 is 0. The third-order valence-electron chi connectivity index (χ3n) is 2.89. The first-order chi connectivity index (χ1) is 7.63. The average Bonchev–Trinajstić information content (AvgIpc) is 2.22. The van der Waals surface area contributed by atoms with Gasteiger partial charge in [0, 0.05) is 6.04 Å². The minimum absolute atomic E-state index is 0.0796. The van der Waals surface area contributed by atoms with Crippen molar-refractivity contribution in [2.24, 2.45) is 5.73 Å². The van der Waals surface area contributed by atoms with E-state index >= 15 is 0 Å². The summed E-state index contributed by atoms with van der Waals surface area (Å²) in [7, 11) is 0. The number of nitrogens with two attached hydrogens (primary N) is 1. The summed E-state index contributed by atoms with van der Waals surface area (Å²) < 4.78 is 13.5. The molecule has 90 valence electrons. The molecule has 0 aliphatic rings. The minimum atomic E-state index is -0.0796. The van der Waals surface area contributed by atoms with Crippen LogP contribution in [0.1, 0.15) is 43.7 Å². The smallest absolute Gasteiger partial charge is 0.126 e. The van der Waals surface area contributed by atoms with Crippen molar-refractivity contribution in [2.75, 3.05) is 0 Å². The monoisotopic (exact) mass is 223 g/mol. The normalized spacial score (nSPS) is 12.8. The van der Waals surface area contributed by atoms with Gasteiger partial charge in [0.25, 0.3) is 0 Å². The zero-order valence-electron chi connectivity index (χ0n) is 10.3. The van der Waals surface area contributed by atoms with Crippen LogP contribution in [0.5, 0.6) is 0 Å². The second kappa shape index (κ2) is 6.64. The molecule has 0 aliphatic carbocycles. The fourth-order valence-corrected chi connectivity index (χ4v) is 1.92. The molecule has 1 rings (SSSR count). The Morgan fingerprint density at radius 2 is 2.06 bits per heavy atom. The summed E-state index contributed by atoms with van der Waals surface area (Å²) in [6.07, 6.45) is 4.95. The molecule has 1 nitrogen and oxygen atoms in total. The Morgan fingerprint density at radius 1 is 1.31 bits per heavy atom. The van der Waals surface area contributed by atoms with Crippen LogP contribution in [0, 0.1) is 12.7 Å². The van der Waals surface area contributed by atoms with E-state index in [1.54, 1.807) is 6.07 Å². The van der Waals surface area contributed by atoms with E-state index in [1.807, 2.05) is 19.1 Å². The lowest BCUT2D eigenvalue weighted by atomic mass is 10.0. The van der Waals surface area contributed by atoms with Gasteiger partial charge in [-0.3, -0.25) is 0 Å². The number of halogens is 1. The SMILES string of the molecule is CCCC(N)CCCc1ccc(C)cc1F. The summed E-state index contributed by atoms with van der Waals surface area (Å²) in [5.74, 6) is -0.0796. The second-order valence-electron chi connectivity index (χ2n) is 4.54. The predicted molar refractivity (Wildman–Crippen MR) is 67.0 cm³/mol. The van der Waals surface area contributed by atoms with Gasteiger partial charge in [0.05, 0.1) is 0 Å². The van der Waals surface area contributed by atoms with Crippen molar-refractivity contribution in [1.82, 2.24) is 0 Å². The standard InChI is InChI=1S/C14H22FN/c1-3-5-13(16)7-4-6-12-9-8-11(2)10-14(12)15/h8-10,13H,3-7,16H2,1-2H3. The minimum Gasteiger partial charge on any atom is -0.328 e. The van der Waals surface area contributed by atoms with Crippen LogP contribution in [0.4, 0.5) is 4.39 Å². The zero-order valence-corrected chi connectivity index (χ0v) is 10.3. The maximum absolute atomic E-state index is 13.5. The molecule has 0 aliphatic heterocycles. The highest BCUT2D eigenvalue weighted by Gasteiger charge is 2.04. The van der Waals surface area contributed by atoms with Gasteiger partial charge in [-0.25, -0.2) is 4.39 Å². The summed E-state index contributed by atoms with van der Waals surface area (Å²) in [5.41, 5.74) is 7.71. The van der Waals surface area contributed by atoms with Crippen LogP contribution >= 0.6 is 0 Å². The molecule has 0 heterocycles. The highest BCUT2D eigenvalue weighted by Crippen LogP contribution is 2.13. The van der Waals surface area contributed by atoms with Gasteiger partial charge >= 0.3 is 0 Å². The van der Waals surface area contributed by atoms with E-state index in [1.165, 1.54) is 0 Å². The maximum atomic E-state index is 13.5. The lowest BCUT2D eigenvalue weighted by Gasteiger charge is -2.10. The molecule has 0 aromatic heterocycles. The third-order valence-corrected chi connectivity index (χ3v) is 2.89. The molecular formula is C14H22FN. The Balaban J connectivity index is 2.37. The molecular weight excluding hydrogens is 201 g/mol. The summed E-state index contributed by atoms with van der Waals surface area (Å²) in [6.45, 7) is 4.05. The number of aryl methyl sites for hydroxylation is 2. The fourth-order valence-electron chi connectivity index (χ4n) is 1.92. The summed E-state index contributed by atoms with van der Waals surface area (Å²) in [4.78, 5) is 0. The van der Waals surface area contributed by atoms with Crippen molar-refractivity contribution in [3.63, 3.8) is 0 Å². The molecule has 0 spiro atoms. The Morgan fingerprint density at radius 3 is 2.69 bits per heavy atom. The lowest BCUT2D eigenvalue weighted by Crippen LogP contribution is -2.19. The van der Waals surface area contributed by atoms with Crippen molar-refractivity contribution >= 4 is 0 Å². The largest absolute Gasteiger partial charge is 0.328 e. The molecule has 1 unspecified atom stereocenters. The van der Waals surface area contributed by atoms with Crippen LogP contribution in [0.3, 0.4) is 0 Å². The highest BCUT2D eigenvalue weighted by molar-refractivity contribution is 5.23. The number of benzene rings is 1. The molecule has 0 fully saturated rings. The predicted octanol–water partition coefficient (Wildman–Crippen LogP) is 3.58. The first kappa shape index (κ1) is 13.2. The number of hydrogen-bond donors (Lipinski definition) is 1. The van der Waals surface area contributed by atoms with Crippen LogP contribution < -0.4 is 5.73 Å². The van der Waals surface area contributed by atoms with Gasteiger partial charge in [-0.05, 0) is 49.8 Å². The Bertz CT molecular complexity index is 323. The quantitative estimate of drug-likeness (QED) is 0.783. The summed E-state index contributed by atoms with van der Waals surface area (Å²) in [6, 6.07) is 5.72. The van der Waals surface area contributed by atoms with Crippen molar-refractivity contribution in [3.8, 4) is 0 Å². The topological polar surface area (TPSA) is 26.0 Å². The van der Waals surface area contributed by atoms with Crippen molar-refractivity contribution in [2.45, 2.75) is 52.0 Å². The van der Waals surface area contributed by atoms with Crippen LogP contribution in [0.25, 0.3) is 0 Å². The molecule has 1 aromatic carbocycles. The highest BCUT2D eigenvalue weighted by atomic mass is 19.1. The first-order valence-electron chi connectivity index (χ1n) is 6.14. The van der Waals surface area contributed by atoms with Crippen LogP contribution in [-0.2, 0) is 6.42 Å². The molecule has 0 radical (unpaired) electrons. The Kier molecular flexibility index (Phi) is 5.47. The third kappa shape index (κ3) is 4.31. The molecule has 16 heavy (non-hydrogen) atoms. The molecule has 0 amide bonds. The van der Waals surface area contributed by atoms with Crippen LogP contribution in [-0.4, -0.2) is 6.04 Å². The molecule has 2 heteroatoms. The van der Waals surface area contributed by atoms with E-state index in [2.05, 4.69) is 6.92 Å². The molecule has 1 atom stereocenters. The van der Waals surface area contributed by atoms with Gasteiger partial charge in [0.2, 0.25) is 0 Å². The first-order valence-corrected chi connectivity index (χ1v) is 6.14. The summed E-state index contributed by atoms with van der Waals surface area (Å²) in [5, 5.41) is 0. The van der Waals surface area contributed by atoms with Crippen LogP contribution in [0.2, 0.25) is 0 Å². The number of rotatable bonds is 6. The zero-order chi connectivity index (χ0) is 12.0. The van der Waals surface area contributed by atoms with Gasteiger partial charge in [-0.1, -0.05) is 25.5 Å². The fraction of sp³-hybridized carbons (Fsp3) is 0.571. The van der Waals surface area contributed by atoms with Crippen molar-refractivity contribution < 1.29 is 4.39 Å². The molecule has 0 saturated carbocycles. The van der Waals surface area contributed by atoms with E-state index in [0.29, 0.717) is 0 Å². The molecule has 0 bridgehead atoms. The molecule has 2 N–H and O–H groups in total. The number of hydrogen-bond acceptors (Lipinski definition) is 1. The van der Waals surface area contributed by atoms with Crippen LogP contribution in [0.15, 0.2) is 18.2 Å². The molecule has 1 aromatic rings. The average molecular weight is 223 g/mol. The van der Waals surface area contributed by atoms with E-state index in [0.717, 1.165) is 43.2 Å². The Hall–Kier alpha value is -0.890. The lowest BCUT2D eigenvalue weighted by molar-refractivity contribution is 0.531. The van der Waals surface area contributed by atoms with Gasteiger partial charge in [0.1, 0.15) is 5.82 Å².